The van der Waals surface area contributed by atoms with Crippen LogP contribution in [-0.4, -0.2) is 18.0 Å². The van der Waals surface area contributed by atoms with Crippen molar-refractivity contribution in [1.29, 1.82) is 0 Å². The summed E-state index contributed by atoms with van der Waals surface area (Å²) in [6.07, 6.45) is 9.26. The maximum Gasteiger partial charge on any atom is 0.225 e. The monoisotopic (exact) mass is 194 g/mol. The summed E-state index contributed by atoms with van der Waals surface area (Å²) in [6.45, 7) is 1.80. The van der Waals surface area contributed by atoms with Gasteiger partial charge in [-0.25, -0.2) is 0 Å². The van der Waals surface area contributed by atoms with Gasteiger partial charge in [-0.3, -0.25) is 4.79 Å². The molecular formula is C11H18N2O. The van der Waals surface area contributed by atoms with Gasteiger partial charge in [-0.1, -0.05) is 18.8 Å². The standard InChI is InChI=1S/C11H18N2O/c1-3-8(2)13-11(14)9-6-4-5-7-10(9)12/h1,8-10H,4-7,12H2,2H3,(H,13,14). The fraction of sp³-hybridized carbons (Fsp3) is 0.727. The van der Waals surface area contributed by atoms with E-state index in [9.17, 15) is 4.79 Å². The Hall–Kier alpha value is -1.01. The summed E-state index contributed by atoms with van der Waals surface area (Å²) in [6, 6.07) is -0.189. The molecule has 0 spiro atoms. The van der Waals surface area contributed by atoms with Crippen molar-refractivity contribution in [2.45, 2.75) is 44.7 Å². The lowest BCUT2D eigenvalue weighted by Gasteiger charge is -2.27. The second kappa shape index (κ2) is 5.02. The SMILES string of the molecule is C#CC(C)NC(=O)C1CCCCC1N. The lowest BCUT2D eigenvalue weighted by Crippen LogP contribution is -2.45. The van der Waals surface area contributed by atoms with Crippen LogP contribution in [0.15, 0.2) is 0 Å². The minimum Gasteiger partial charge on any atom is -0.342 e. The molecule has 0 aliphatic heterocycles. The predicted molar refractivity (Wildman–Crippen MR) is 56.4 cm³/mol. The third-order valence-corrected chi connectivity index (χ3v) is 2.76. The number of amides is 1. The molecule has 1 fully saturated rings. The van der Waals surface area contributed by atoms with Crippen LogP contribution in [0.4, 0.5) is 0 Å². The lowest BCUT2D eigenvalue weighted by molar-refractivity contribution is -0.126. The number of carbonyl (C=O) groups excluding carboxylic acids is 1. The lowest BCUT2D eigenvalue weighted by atomic mass is 9.84. The quantitative estimate of drug-likeness (QED) is 0.634. The molecule has 0 aromatic carbocycles. The first kappa shape index (κ1) is 11.1. The van der Waals surface area contributed by atoms with E-state index in [4.69, 9.17) is 12.2 Å². The van der Waals surface area contributed by atoms with Gasteiger partial charge in [0.15, 0.2) is 0 Å². The number of hydrogen-bond donors (Lipinski definition) is 2. The van der Waals surface area contributed by atoms with Gasteiger partial charge in [0, 0.05) is 6.04 Å². The van der Waals surface area contributed by atoms with Crippen LogP contribution >= 0.6 is 0 Å². The highest BCUT2D eigenvalue weighted by molar-refractivity contribution is 5.80. The number of hydrogen-bond acceptors (Lipinski definition) is 2. The molecule has 3 heteroatoms. The van der Waals surface area contributed by atoms with Crippen molar-refractivity contribution in [2.24, 2.45) is 11.7 Å². The number of carbonyl (C=O) groups is 1. The minimum atomic E-state index is -0.198. The Labute approximate surface area is 85.4 Å². The second-order valence-electron chi connectivity index (χ2n) is 3.95. The van der Waals surface area contributed by atoms with Crippen molar-refractivity contribution < 1.29 is 4.79 Å². The summed E-state index contributed by atoms with van der Waals surface area (Å²) in [5.74, 6) is 2.45. The molecule has 1 saturated carbocycles. The molecule has 3 atom stereocenters. The Morgan fingerprint density at radius 2 is 2.21 bits per heavy atom. The van der Waals surface area contributed by atoms with E-state index in [-0.39, 0.29) is 23.9 Å². The van der Waals surface area contributed by atoms with Crippen LogP contribution in [0, 0.1) is 18.3 Å². The van der Waals surface area contributed by atoms with Gasteiger partial charge in [-0.15, -0.1) is 6.42 Å². The molecule has 0 radical (unpaired) electrons. The molecule has 3 unspecified atom stereocenters. The first-order valence-electron chi connectivity index (χ1n) is 5.17. The maximum absolute atomic E-state index is 11.7. The highest BCUT2D eigenvalue weighted by Gasteiger charge is 2.28. The predicted octanol–water partition coefficient (Wildman–Crippen LogP) is 0.642. The number of rotatable bonds is 2. The highest BCUT2D eigenvalue weighted by Crippen LogP contribution is 2.22. The first-order valence-corrected chi connectivity index (χ1v) is 5.17. The summed E-state index contributed by atoms with van der Waals surface area (Å²) in [5, 5.41) is 2.77. The van der Waals surface area contributed by atoms with Gasteiger partial charge in [-0.2, -0.15) is 0 Å². The molecule has 0 heterocycles. The molecule has 0 aromatic heterocycles. The summed E-state index contributed by atoms with van der Waals surface area (Å²) >= 11 is 0. The maximum atomic E-state index is 11.7. The summed E-state index contributed by atoms with van der Waals surface area (Å²) in [7, 11) is 0. The molecule has 78 valence electrons. The van der Waals surface area contributed by atoms with E-state index in [0.717, 1.165) is 25.7 Å². The van der Waals surface area contributed by atoms with Crippen molar-refractivity contribution in [3.05, 3.63) is 0 Å². The zero-order chi connectivity index (χ0) is 10.6. The van der Waals surface area contributed by atoms with Gasteiger partial charge in [0.25, 0.3) is 0 Å². The second-order valence-corrected chi connectivity index (χ2v) is 3.95. The van der Waals surface area contributed by atoms with E-state index in [2.05, 4.69) is 11.2 Å². The molecular weight excluding hydrogens is 176 g/mol. The van der Waals surface area contributed by atoms with Gasteiger partial charge in [0.1, 0.15) is 0 Å². The number of nitrogens with one attached hydrogen (secondary N) is 1. The van der Waals surface area contributed by atoms with Gasteiger partial charge in [0.2, 0.25) is 5.91 Å². The Morgan fingerprint density at radius 1 is 1.57 bits per heavy atom. The molecule has 0 bridgehead atoms. The van der Waals surface area contributed by atoms with E-state index in [0.29, 0.717) is 0 Å². The molecule has 1 amide bonds. The van der Waals surface area contributed by atoms with Crippen molar-refractivity contribution in [2.75, 3.05) is 0 Å². The van der Waals surface area contributed by atoms with E-state index in [1.807, 2.05) is 0 Å². The van der Waals surface area contributed by atoms with E-state index in [1.165, 1.54) is 0 Å². The topological polar surface area (TPSA) is 55.1 Å². The Morgan fingerprint density at radius 3 is 2.79 bits per heavy atom. The van der Waals surface area contributed by atoms with Gasteiger partial charge in [0.05, 0.1) is 12.0 Å². The van der Waals surface area contributed by atoms with Crippen LogP contribution in [0.3, 0.4) is 0 Å². The van der Waals surface area contributed by atoms with Crippen LogP contribution in [-0.2, 0) is 4.79 Å². The van der Waals surface area contributed by atoms with Crippen LogP contribution in [0.1, 0.15) is 32.6 Å². The fourth-order valence-corrected chi connectivity index (χ4v) is 1.85. The molecule has 1 aliphatic rings. The van der Waals surface area contributed by atoms with Gasteiger partial charge in [-0.05, 0) is 19.8 Å². The molecule has 3 nitrogen and oxygen atoms in total. The summed E-state index contributed by atoms with van der Waals surface area (Å²) in [4.78, 5) is 11.7. The Kier molecular flexibility index (Phi) is 3.97. The van der Waals surface area contributed by atoms with Gasteiger partial charge >= 0.3 is 0 Å². The molecule has 0 aromatic rings. The van der Waals surface area contributed by atoms with E-state index in [1.54, 1.807) is 6.92 Å². The third kappa shape index (κ3) is 2.74. The largest absolute Gasteiger partial charge is 0.342 e. The zero-order valence-electron chi connectivity index (χ0n) is 8.62. The molecule has 3 N–H and O–H groups in total. The van der Waals surface area contributed by atoms with Crippen LogP contribution < -0.4 is 11.1 Å². The van der Waals surface area contributed by atoms with Crippen molar-refractivity contribution in [1.82, 2.24) is 5.32 Å². The number of nitrogens with two attached hydrogens (primary N) is 1. The fourth-order valence-electron chi connectivity index (χ4n) is 1.85. The average molecular weight is 194 g/mol. The van der Waals surface area contributed by atoms with Crippen LogP contribution in [0.25, 0.3) is 0 Å². The van der Waals surface area contributed by atoms with Crippen molar-refractivity contribution in [3.8, 4) is 12.3 Å². The minimum absolute atomic E-state index is 0.00808. The Bertz CT molecular complexity index is 244. The summed E-state index contributed by atoms with van der Waals surface area (Å²) < 4.78 is 0. The van der Waals surface area contributed by atoms with Crippen molar-refractivity contribution >= 4 is 5.91 Å². The normalized spacial score (nSPS) is 28.9. The Balaban J connectivity index is 2.47. The first-order chi connectivity index (χ1) is 6.65. The molecule has 1 rings (SSSR count). The summed E-state index contributed by atoms with van der Waals surface area (Å²) in [5.41, 5.74) is 5.88. The van der Waals surface area contributed by atoms with E-state index < -0.39 is 0 Å². The zero-order valence-corrected chi connectivity index (χ0v) is 8.62. The molecule has 1 aliphatic carbocycles. The van der Waals surface area contributed by atoms with E-state index >= 15 is 0 Å². The van der Waals surface area contributed by atoms with Crippen LogP contribution in [0.5, 0.6) is 0 Å². The molecule has 14 heavy (non-hydrogen) atoms. The third-order valence-electron chi connectivity index (χ3n) is 2.76. The highest BCUT2D eigenvalue weighted by atomic mass is 16.2. The number of terminal acetylenes is 1. The smallest absolute Gasteiger partial charge is 0.225 e. The van der Waals surface area contributed by atoms with Crippen molar-refractivity contribution in [3.63, 3.8) is 0 Å². The molecule has 0 saturated heterocycles. The average Bonchev–Trinajstić information content (AvgIpc) is 2.18. The van der Waals surface area contributed by atoms with Gasteiger partial charge < -0.3 is 11.1 Å². The van der Waals surface area contributed by atoms with Crippen LogP contribution in [0.2, 0.25) is 0 Å².